The summed E-state index contributed by atoms with van der Waals surface area (Å²) in [5.41, 5.74) is 0. The van der Waals surface area contributed by atoms with E-state index < -0.39 is 18.2 Å². The molecule has 6 heteroatoms. The first kappa shape index (κ1) is 12.1. The number of nitrogens with one attached hydrogen (secondary N) is 1. The van der Waals surface area contributed by atoms with Crippen LogP contribution in [0.1, 0.15) is 0 Å². The monoisotopic (exact) mass is 199 g/mol. The molecular formula is C6H14ClNO4. The molecule has 1 fully saturated rings. The van der Waals surface area contributed by atoms with Crippen molar-refractivity contribution in [2.24, 2.45) is 0 Å². The van der Waals surface area contributed by atoms with Gasteiger partial charge in [-0.25, -0.2) is 0 Å². The van der Waals surface area contributed by atoms with E-state index in [4.69, 9.17) is 15.3 Å². The van der Waals surface area contributed by atoms with Crippen LogP contribution in [0, 0.1) is 0 Å². The summed E-state index contributed by atoms with van der Waals surface area (Å²) in [5, 5.41) is 37.9. The van der Waals surface area contributed by atoms with Crippen molar-refractivity contribution < 1.29 is 20.4 Å². The zero-order valence-corrected chi connectivity index (χ0v) is 7.24. The predicted octanol–water partition coefficient (Wildman–Crippen LogP) is -2.54. The molecule has 0 unspecified atom stereocenters. The second-order valence-electron chi connectivity index (χ2n) is 2.72. The second kappa shape index (κ2) is 4.96. The number of hydrogen-bond donors (Lipinski definition) is 5. The van der Waals surface area contributed by atoms with E-state index in [1.807, 2.05) is 0 Å². The Morgan fingerprint density at radius 3 is 2.25 bits per heavy atom. The molecule has 5 N–H and O–H groups in total. The molecule has 5 nitrogen and oxygen atoms in total. The van der Waals surface area contributed by atoms with E-state index in [9.17, 15) is 5.11 Å². The van der Waals surface area contributed by atoms with Gasteiger partial charge >= 0.3 is 0 Å². The molecule has 0 aromatic carbocycles. The molecule has 0 bridgehead atoms. The van der Waals surface area contributed by atoms with Gasteiger partial charge in [0.25, 0.3) is 0 Å². The van der Waals surface area contributed by atoms with Crippen molar-refractivity contribution >= 4 is 12.4 Å². The van der Waals surface area contributed by atoms with Gasteiger partial charge in [-0.15, -0.1) is 12.4 Å². The smallest absolute Gasteiger partial charge is 0.0949 e. The topological polar surface area (TPSA) is 93.0 Å². The summed E-state index contributed by atoms with van der Waals surface area (Å²) in [4.78, 5) is 0. The van der Waals surface area contributed by atoms with Gasteiger partial charge in [-0.05, 0) is 0 Å². The van der Waals surface area contributed by atoms with Crippen molar-refractivity contribution in [3.05, 3.63) is 0 Å². The summed E-state index contributed by atoms with van der Waals surface area (Å²) in [6.07, 6.45) is -1.71. The lowest BCUT2D eigenvalue weighted by Crippen LogP contribution is -2.71. The molecular weight excluding hydrogens is 186 g/mol. The molecule has 1 aliphatic rings. The van der Waals surface area contributed by atoms with Crippen molar-refractivity contribution in [1.82, 2.24) is 5.32 Å². The Hall–Kier alpha value is 0.0900. The highest BCUT2D eigenvalue weighted by Gasteiger charge is 2.42. The molecule has 1 heterocycles. The van der Waals surface area contributed by atoms with Crippen LogP contribution < -0.4 is 5.32 Å². The van der Waals surface area contributed by atoms with Crippen LogP contribution >= 0.6 is 12.4 Å². The number of halogens is 1. The summed E-state index contributed by atoms with van der Waals surface area (Å²) >= 11 is 0. The van der Waals surface area contributed by atoms with Crippen LogP contribution in [0.3, 0.4) is 0 Å². The van der Waals surface area contributed by atoms with Crippen molar-refractivity contribution in [2.45, 2.75) is 24.3 Å². The maximum absolute atomic E-state index is 9.18. The summed E-state index contributed by atoms with van der Waals surface area (Å²) in [5.74, 6) is 0. The minimum Gasteiger partial charge on any atom is -0.395 e. The van der Waals surface area contributed by atoms with Crippen LogP contribution in [0.5, 0.6) is 0 Å². The van der Waals surface area contributed by atoms with Gasteiger partial charge in [0, 0.05) is 0 Å². The number of aliphatic hydroxyl groups is 4. The van der Waals surface area contributed by atoms with Crippen molar-refractivity contribution in [2.75, 3.05) is 13.2 Å². The van der Waals surface area contributed by atoms with Crippen LogP contribution in [-0.2, 0) is 0 Å². The normalized spacial score (nSPS) is 36.5. The summed E-state index contributed by atoms with van der Waals surface area (Å²) < 4.78 is 0. The Labute approximate surface area is 76.4 Å². The van der Waals surface area contributed by atoms with E-state index in [1.165, 1.54) is 0 Å². The van der Waals surface area contributed by atoms with E-state index >= 15 is 0 Å². The van der Waals surface area contributed by atoms with Crippen molar-refractivity contribution in [3.8, 4) is 0 Å². The molecule has 0 spiro atoms. The SMILES string of the molecule is Cl.OC[C@@H](O)[C@@H]1N[C@H](CO)[C@H]1O. The summed E-state index contributed by atoms with van der Waals surface area (Å²) in [6, 6.07) is -0.863. The molecule has 74 valence electrons. The van der Waals surface area contributed by atoms with Gasteiger partial charge in [-0.3, -0.25) is 0 Å². The van der Waals surface area contributed by atoms with E-state index in [1.54, 1.807) is 0 Å². The second-order valence-corrected chi connectivity index (χ2v) is 2.72. The standard InChI is InChI=1S/C6H13NO4.ClH/c8-1-3-6(11)5(7-3)4(10)2-9;/h3-11H,1-2H2;1H/t3-,4-,5+,6-;/m1./s1. The molecule has 0 aromatic rings. The molecule has 0 amide bonds. The fourth-order valence-electron chi connectivity index (χ4n) is 1.19. The van der Waals surface area contributed by atoms with E-state index in [0.717, 1.165) is 0 Å². The van der Waals surface area contributed by atoms with Crippen LogP contribution in [0.2, 0.25) is 0 Å². The van der Waals surface area contributed by atoms with Crippen LogP contribution in [-0.4, -0.2) is 57.9 Å². The molecule has 12 heavy (non-hydrogen) atoms. The van der Waals surface area contributed by atoms with Crippen LogP contribution in [0.25, 0.3) is 0 Å². The molecule has 0 aliphatic carbocycles. The number of hydrogen-bond acceptors (Lipinski definition) is 5. The molecule has 0 aromatic heterocycles. The highest BCUT2D eigenvalue weighted by atomic mass is 35.5. The molecule has 1 aliphatic heterocycles. The van der Waals surface area contributed by atoms with Gasteiger partial charge in [0.15, 0.2) is 0 Å². The highest BCUT2D eigenvalue weighted by molar-refractivity contribution is 5.85. The van der Waals surface area contributed by atoms with Gasteiger partial charge in [0.2, 0.25) is 0 Å². The van der Waals surface area contributed by atoms with Crippen LogP contribution in [0.15, 0.2) is 0 Å². The van der Waals surface area contributed by atoms with Gasteiger partial charge in [0.05, 0.1) is 37.5 Å². The third kappa shape index (κ3) is 2.07. The Bertz CT molecular complexity index is 137. The molecule has 0 saturated carbocycles. The Morgan fingerprint density at radius 1 is 1.33 bits per heavy atom. The number of aliphatic hydroxyl groups excluding tert-OH is 4. The molecule has 1 rings (SSSR count). The lowest BCUT2D eigenvalue weighted by Gasteiger charge is -2.43. The van der Waals surface area contributed by atoms with Crippen molar-refractivity contribution in [3.63, 3.8) is 0 Å². The zero-order valence-electron chi connectivity index (χ0n) is 6.42. The average Bonchev–Trinajstić information content (AvgIpc) is 2.02. The lowest BCUT2D eigenvalue weighted by atomic mass is 9.89. The number of rotatable bonds is 3. The average molecular weight is 200 g/mol. The predicted molar refractivity (Wildman–Crippen MR) is 44.1 cm³/mol. The first-order valence-electron chi connectivity index (χ1n) is 3.54. The summed E-state index contributed by atoms with van der Waals surface area (Å²) in [6.45, 7) is -0.539. The fourth-order valence-corrected chi connectivity index (χ4v) is 1.19. The first-order valence-corrected chi connectivity index (χ1v) is 3.54. The Balaban J connectivity index is 0.00000121. The summed E-state index contributed by atoms with van der Waals surface area (Å²) in [7, 11) is 0. The van der Waals surface area contributed by atoms with Gasteiger partial charge in [-0.1, -0.05) is 0 Å². The van der Waals surface area contributed by atoms with Gasteiger partial charge < -0.3 is 25.7 Å². The molecule has 0 radical (unpaired) electrons. The third-order valence-corrected chi connectivity index (χ3v) is 1.99. The highest BCUT2D eigenvalue weighted by Crippen LogP contribution is 2.15. The molecule has 1 saturated heterocycles. The van der Waals surface area contributed by atoms with Crippen molar-refractivity contribution in [1.29, 1.82) is 0 Å². The Morgan fingerprint density at radius 2 is 1.92 bits per heavy atom. The third-order valence-electron chi connectivity index (χ3n) is 1.99. The zero-order chi connectivity index (χ0) is 8.43. The van der Waals surface area contributed by atoms with Gasteiger partial charge in [-0.2, -0.15) is 0 Å². The minimum absolute atomic E-state index is 0. The molecule has 4 atom stereocenters. The van der Waals surface area contributed by atoms with E-state index in [2.05, 4.69) is 5.32 Å². The fraction of sp³-hybridized carbons (Fsp3) is 1.00. The van der Waals surface area contributed by atoms with E-state index in [0.29, 0.717) is 0 Å². The Kier molecular flexibility index (Phi) is 5.00. The minimum atomic E-state index is -0.951. The lowest BCUT2D eigenvalue weighted by molar-refractivity contribution is -0.0778. The maximum Gasteiger partial charge on any atom is 0.0949 e. The first-order chi connectivity index (χ1) is 5.20. The maximum atomic E-state index is 9.18. The van der Waals surface area contributed by atoms with E-state index in [-0.39, 0.29) is 31.7 Å². The largest absolute Gasteiger partial charge is 0.395 e. The van der Waals surface area contributed by atoms with Gasteiger partial charge in [0.1, 0.15) is 0 Å². The van der Waals surface area contributed by atoms with Crippen LogP contribution in [0.4, 0.5) is 0 Å². The quantitative estimate of drug-likeness (QED) is 0.345.